The zero-order chi connectivity index (χ0) is 16.3. The third-order valence-corrected chi connectivity index (χ3v) is 5.28. The molecule has 114 valence electrons. The average molecular weight is 329 g/mol. The van der Waals surface area contributed by atoms with Gasteiger partial charge in [-0.2, -0.15) is 0 Å². The van der Waals surface area contributed by atoms with E-state index in [1.54, 1.807) is 6.08 Å². The molecule has 0 radical (unpaired) electrons. The van der Waals surface area contributed by atoms with Gasteiger partial charge in [-0.15, -0.1) is 0 Å². The summed E-state index contributed by atoms with van der Waals surface area (Å²) in [6, 6.07) is 20.9. The van der Waals surface area contributed by atoms with E-state index in [-0.39, 0.29) is 5.78 Å². The van der Waals surface area contributed by atoms with Crippen molar-refractivity contribution in [1.29, 1.82) is 0 Å². The van der Waals surface area contributed by atoms with E-state index in [0.29, 0.717) is 11.5 Å². The Labute approximate surface area is 144 Å². The van der Waals surface area contributed by atoms with E-state index in [1.165, 1.54) is 21.5 Å². The molecule has 0 N–H and O–H groups in total. The molecule has 2 heteroatoms. The first-order valence-electron chi connectivity index (χ1n) is 8.00. The molecule has 0 aromatic heterocycles. The van der Waals surface area contributed by atoms with Crippen LogP contribution in [0.15, 0.2) is 66.7 Å². The molecule has 4 aromatic rings. The number of fused-ring (bicyclic) bond motifs is 7. The standard InChI is InChI=1S/C22H13ClO/c23-20-11-12-21(24)22-18-9-7-15-14-4-2-1-3-13(14)5-6-16(15)17(18)8-10-19(20)22/h1-11H,12H2. The molecule has 0 aliphatic heterocycles. The predicted octanol–water partition coefficient (Wildman–Crippen LogP) is 6.31. The molecule has 24 heavy (non-hydrogen) atoms. The number of carbonyl (C=O) groups excluding carboxylic acids is 1. The molecule has 4 aromatic carbocycles. The van der Waals surface area contributed by atoms with Crippen LogP contribution in [0.1, 0.15) is 22.3 Å². The number of carbonyl (C=O) groups is 1. The van der Waals surface area contributed by atoms with Crippen molar-refractivity contribution >= 4 is 54.7 Å². The van der Waals surface area contributed by atoms with Crippen molar-refractivity contribution < 1.29 is 4.79 Å². The minimum Gasteiger partial charge on any atom is -0.294 e. The molecule has 1 nitrogen and oxygen atoms in total. The summed E-state index contributed by atoms with van der Waals surface area (Å²) in [5.41, 5.74) is 1.61. The molecule has 1 aliphatic carbocycles. The maximum Gasteiger partial charge on any atom is 0.167 e. The first-order valence-corrected chi connectivity index (χ1v) is 8.38. The number of hydrogen-bond acceptors (Lipinski definition) is 1. The highest BCUT2D eigenvalue weighted by Gasteiger charge is 2.21. The number of halogens is 1. The Kier molecular flexibility index (Phi) is 2.83. The Morgan fingerprint density at radius 1 is 0.708 bits per heavy atom. The fourth-order valence-electron chi connectivity index (χ4n) is 3.80. The second kappa shape index (κ2) is 4.93. The summed E-state index contributed by atoms with van der Waals surface area (Å²) in [5, 5.41) is 7.62. The van der Waals surface area contributed by atoms with Crippen LogP contribution in [0.25, 0.3) is 37.3 Å². The fraction of sp³-hybridized carbons (Fsp3) is 0.0455. The van der Waals surface area contributed by atoms with Crippen LogP contribution < -0.4 is 0 Å². The zero-order valence-electron chi connectivity index (χ0n) is 12.8. The Balaban J connectivity index is 1.97. The maximum atomic E-state index is 12.5. The molecule has 1 aliphatic rings. The van der Waals surface area contributed by atoms with Gasteiger partial charge < -0.3 is 0 Å². The Morgan fingerprint density at radius 3 is 2.29 bits per heavy atom. The van der Waals surface area contributed by atoms with Crippen molar-refractivity contribution in [3.8, 4) is 0 Å². The third-order valence-electron chi connectivity index (χ3n) is 4.93. The van der Waals surface area contributed by atoms with Gasteiger partial charge in [0.25, 0.3) is 0 Å². The highest BCUT2D eigenvalue weighted by Crippen LogP contribution is 2.38. The number of ketones is 1. The first kappa shape index (κ1) is 13.8. The molecule has 0 fully saturated rings. The molecule has 0 saturated carbocycles. The molecule has 0 atom stereocenters. The van der Waals surface area contributed by atoms with Gasteiger partial charge in [0, 0.05) is 22.6 Å². The fourth-order valence-corrected chi connectivity index (χ4v) is 4.03. The van der Waals surface area contributed by atoms with Crippen LogP contribution in [0.2, 0.25) is 0 Å². The summed E-state index contributed by atoms with van der Waals surface area (Å²) in [5.74, 6) is 0.139. The van der Waals surface area contributed by atoms with Gasteiger partial charge in [-0.3, -0.25) is 4.79 Å². The normalized spacial score (nSPS) is 14.2. The van der Waals surface area contributed by atoms with Crippen LogP contribution in [0.5, 0.6) is 0 Å². The second-order valence-electron chi connectivity index (χ2n) is 6.21. The molecular weight excluding hydrogens is 316 g/mol. The molecule has 0 amide bonds. The lowest BCUT2D eigenvalue weighted by atomic mass is 9.88. The van der Waals surface area contributed by atoms with Crippen molar-refractivity contribution in [2.45, 2.75) is 6.42 Å². The number of rotatable bonds is 0. The third kappa shape index (κ3) is 1.79. The minimum absolute atomic E-state index is 0.139. The quantitative estimate of drug-likeness (QED) is 0.345. The van der Waals surface area contributed by atoms with Crippen LogP contribution in [0.3, 0.4) is 0 Å². The van der Waals surface area contributed by atoms with E-state index in [2.05, 4.69) is 54.6 Å². The molecule has 0 bridgehead atoms. The number of allylic oxidation sites excluding steroid dienone is 1. The SMILES string of the molecule is O=C1CC=C(Cl)c2ccc3c(ccc4c5ccccc5ccc34)c21. The van der Waals surface area contributed by atoms with Gasteiger partial charge in [0.2, 0.25) is 0 Å². The highest BCUT2D eigenvalue weighted by atomic mass is 35.5. The Hall–Kier alpha value is -2.64. The maximum absolute atomic E-state index is 12.5. The largest absolute Gasteiger partial charge is 0.294 e. The number of benzene rings is 4. The summed E-state index contributed by atoms with van der Waals surface area (Å²) in [4.78, 5) is 12.5. The molecular formula is C22H13ClO. The van der Waals surface area contributed by atoms with E-state index in [9.17, 15) is 4.79 Å². The van der Waals surface area contributed by atoms with Crippen LogP contribution in [-0.2, 0) is 0 Å². The number of Topliss-reactive ketones (excluding diaryl/α,β-unsaturated/α-hetero) is 1. The molecule has 0 saturated heterocycles. The van der Waals surface area contributed by atoms with Gasteiger partial charge in [-0.25, -0.2) is 0 Å². The van der Waals surface area contributed by atoms with Crippen molar-refractivity contribution in [3.05, 3.63) is 77.9 Å². The summed E-state index contributed by atoms with van der Waals surface area (Å²) in [6.07, 6.45) is 2.17. The van der Waals surface area contributed by atoms with E-state index >= 15 is 0 Å². The van der Waals surface area contributed by atoms with Gasteiger partial charge in [-0.05, 0) is 32.3 Å². The van der Waals surface area contributed by atoms with Crippen LogP contribution in [-0.4, -0.2) is 5.78 Å². The smallest absolute Gasteiger partial charge is 0.167 e. The molecule has 0 spiro atoms. The lowest BCUT2D eigenvalue weighted by Gasteiger charge is -2.16. The Bertz CT molecular complexity index is 1200. The second-order valence-corrected chi connectivity index (χ2v) is 6.62. The van der Waals surface area contributed by atoms with Crippen molar-refractivity contribution in [2.75, 3.05) is 0 Å². The van der Waals surface area contributed by atoms with Gasteiger partial charge in [0.05, 0.1) is 0 Å². The van der Waals surface area contributed by atoms with Crippen LogP contribution in [0.4, 0.5) is 0 Å². The molecule has 0 heterocycles. The Morgan fingerprint density at radius 2 is 1.38 bits per heavy atom. The van der Waals surface area contributed by atoms with E-state index in [1.807, 2.05) is 6.07 Å². The average Bonchev–Trinajstić information content (AvgIpc) is 2.63. The van der Waals surface area contributed by atoms with Gasteiger partial charge in [0.15, 0.2) is 5.78 Å². The van der Waals surface area contributed by atoms with E-state index < -0.39 is 0 Å². The van der Waals surface area contributed by atoms with Gasteiger partial charge >= 0.3 is 0 Å². The van der Waals surface area contributed by atoms with Gasteiger partial charge in [0.1, 0.15) is 0 Å². The predicted molar refractivity (Wildman–Crippen MR) is 102 cm³/mol. The van der Waals surface area contributed by atoms with Crippen molar-refractivity contribution in [1.82, 2.24) is 0 Å². The van der Waals surface area contributed by atoms with Crippen LogP contribution in [0, 0.1) is 0 Å². The molecule has 5 rings (SSSR count). The zero-order valence-corrected chi connectivity index (χ0v) is 13.6. The van der Waals surface area contributed by atoms with Gasteiger partial charge in [-0.1, -0.05) is 78.3 Å². The van der Waals surface area contributed by atoms with E-state index in [4.69, 9.17) is 11.6 Å². The lowest BCUT2D eigenvalue weighted by Crippen LogP contribution is -2.07. The number of hydrogen-bond donors (Lipinski definition) is 0. The first-order chi connectivity index (χ1) is 11.7. The minimum atomic E-state index is 0.139. The van der Waals surface area contributed by atoms with Crippen molar-refractivity contribution in [2.24, 2.45) is 0 Å². The summed E-state index contributed by atoms with van der Waals surface area (Å²) < 4.78 is 0. The van der Waals surface area contributed by atoms with E-state index in [0.717, 1.165) is 21.9 Å². The highest BCUT2D eigenvalue weighted by molar-refractivity contribution is 6.50. The summed E-state index contributed by atoms with van der Waals surface area (Å²) >= 11 is 6.32. The topological polar surface area (TPSA) is 17.1 Å². The lowest BCUT2D eigenvalue weighted by molar-refractivity contribution is 0.0996. The van der Waals surface area contributed by atoms with Crippen molar-refractivity contribution in [3.63, 3.8) is 0 Å². The molecule has 0 unspecified atom stereocenters. The summed E-state index contributed by atoms with van der Waals surface area (Å²) in [7, 11) is 0. The monoisotopic (exact) mass is 328 g/mol. The summed E-state index contributed by atoms with van der Waals surface area (Å²) in [6.45, 7) is 0. The van der Waals surface area contributed by atoms with Crippen LogP contribution >= 0.6 is 11.6 Å².